The molecule has 0 bridgehead atoms. The molecule has 1 aliphatic heterocycles. The van der Waals surface area contributed by atoms with E-state index in [9.17, 15) is 9.90 Å². The molecule has 1 saturated carbocycles. The molecule has 4 nitrogen and oxygen atoms in total. The number of carbonyl (C=O) groups is 1. The predicted octanol–water partition coefficient (Wildman–Crippen LogP) is 2.22. The predicted molar refractivity (Wildman–Crippen MR) is 80.0 cm³/mol. The maximum atomic E-state index is 12.2. The number of hydrogen-bond acceptors (Lipinski definition) is 3. The Morgan fingerprint density at radius 2 is 1.90 bits per heavy atom. The highest BCUT2D eigenvalue weighted by Gasteiger charge is 2.37. The van der Waals surface area contributed by atoms with Crippen molar-refractivity contribution in [3.05, 3.63) is 30.3 Å². The number of piperidine rings is 1. The van der Waals surface area contributed by atoms with Crippen LogP contribution in [-0.2, 0) is 4.79 Å². The zero-order valence-corrected chi connectivity index (χ0v) is 12.3. The van der Waals surface area contributed by atoms with Crippen LogP contribution in [0.15, 0.2) is 30.3 Å². The number of hydrogen-bond donors (Lipinski definition) is 1. The topological polar surface area (TPSA) is 49.8 Å². The molecule has 0 unspecified atom stereocenters. The van der Waals surface area contributed by atoms with Crippen LogP contribution in [0.2, 0.25) is 0 Å². The lowest BCUT2D eigenvalue weighted by Crippen LogP contribution is -2.51. The van der Waals surface area contributed by atoms with Gasteiger partial charge in [0.15, 0.2) is 0 Å². The van der Waals surface area contributed by atoms with Gasteiger partial charge in [0.05, 0.1) is 0 Å². The summed E-state index contributed by atoms with van der Waals surface area (Å²) in [6, 6.07) is 9.54. The Labute approximate surface area is 125 Å². The molecule has 1 saturated heterocycles. The highest BCUT2D eigenvalue weighted by atomic mass is 16.5. The van der Waals surface area contributed by atoms with Crippen molar-refractivity contribution in [1.82, 2.24) is 4.90 Å². The molecule has 0 radical (unpaired) electrons. The molecule has 114 valence electrons. The van der Waals surface area contributed by atoms with E-state index in [1.54, 1.807) is 0 Å². The van der Waals surface area contributed by atoms with Crippen LogP contribution >= 0.6 is 0 Å². The minimum Gasteiger partial charge on any atom is -0.491 e. The van der Waals surface area contributed by atoms with Gasteiger partial charge in [-0.3, -0.25) is 4.79 Å². The van der Waals surface area contributed by atoms with E-state index in [1.807, 2.05) is 35.2 Å². The van der Waals surface area contributed by atoms with Crippen LogP contribution in [0.3, 0.4) is 0 Å². The number of ether oxygens (including phenoxy) is 1. The van der Waals surface area contributed by atoms with E-state index in [1.165, 1.54) is 6.42 Å². The second kappa shape index (κ2) is 6.06. The normalized spacial score (nSPS) is 21.7. The number of amides is 1. The minimum atomic E-state index is -0.813. The van der Waals surface area contributed by atoms with Gasteiger partial charge in [-0.25, -0.2) is 0 Å². The number of likely N-dealkylation sites (tertiary alicyclic amines) is 1. The first-order valence-corrected chi connectivity index (χ1v) is 7.85. The van der Waals surface area contributed by atoms with Gasteiger partial charge in [0, 0.05) is 19.0 Å². The third-order valence-electron chi connectivity index (χ3n) is 4.71. The average Bonchev–Trinajstić information content (AvgIpc) is 2.45. The molecule has 1 aromatic rings. The van der Waals surface area contributed by atoms with E-state index in [-0.39, 0.29) is 11.8 Å². The van der Waals surface area contributed by atoms with Crippen molar-refractivity contribution >= 4 is 5.91 Å². The largest absolute Gasteiger partial charge is 0.491 e. The third kappa shape index (κ3) is 3.38. The molecule has 1 aromatic carbocycles. The summed E-state index contributed by atoms with van der Waals surface area (Å²) in [7, 11) is 0. The van der Waals surface area contributed by atoms with Gasteiger partial charge < -0.3 is 14.7 Å². The monoisotopic (exact) mass is 289 g/mol. The van der Waals surface area contributed by atoms with Gasteiger partial charge in [-0.15, -0.1) is 0 Å². The Balaban J connectivity index is 1.48. The zero-order chi connectivity index (χ0) is 14.7. The highest BCUT2D eigenvalue weighted by Crippen LogP contribution is 2.31. The Morgan fingerprint density at radius 3 is 2.48 bits per heavy atom. The molecule has 1 heterocycles. The first kappa shape index (κ1) is 14.4. The molecule has 2 fully saturated rings. The van der Waals surface area contributed by atoms with Crippen LogP contribution in [0, 0.1) is 5.92 Å². The van der Waals surface area contributed by atoms with Crippen LogP contribution in [0.1, 0.15) is 32.1 Å². The quantitative estimate of drug-likeness (QED) is 0.924. The number of benzene rings is 1. The van der Waals surface area contributed by atoms with Crippen LogP contribution < -0.4 is 4.74 Å². The number of para-hydroxylation sites is 1. The molecule has 2 aliphatic rings. The molecule has 0 spiro atoms. The van der Waals surface area contributed by atoms with Gasteiger partial charge in [-0.05, 0) is 37.8 Å². The van der Waals surface area contributed by atoms with Crippen molar-refractivity contribution < 1.29 is 14.6 Å². The van der Waals surface area contributed by atoms with Crippen molar-refractivity contribution in [1.29, 1.82) is 0 Å². The molecular weight excluding hydrogens is 266 g/mol. The second-order valence-electron chi connectivity index (χ2n) is 6.28. The highest BCUT2D eigenvalue weighted by molar-refractivity contribution is 5.79. The summed E-state index contributed by atoms with van der Waals surface area (Å²) in [5, 5.41) is 10.6. The number of rotatable bonds is 4. The second-order valence-corrected chi connectivity index (χ2v) is 6.28. The smallest absolute Gasteiger partial charge is 0.225 e. The van der Waals surface area contributed by atoms with Gasteiger partial charge in [-0.1, -0.05) is 24.6 Å². The van der Waals surface area contributed by atoms with Gasteiger partial charge in [0.2, 0.25) is 5.91 Å². The van der Waals surface area contributed by atoms with E-state index in [0.29, 0.717) is 32.5 Å². The van der Waals surface area contributed by atoms with Gasteiger partial charge >= 0.3 is 0 Å². The van der Waals surface area contributed by atoms with Crippen molar-refractivity contribution in [3.8, 4) is 5.75 Å². The first-order chi connectivity index (χ1) is 10.2. The molecule has 3 rings (SSSR count). The molecule has 0 aromatic heterocycles. The van der Waals surface area contributed by atoms with Gasteiger partial charge in [0.1, 0.15) is 18.0 Å². The van der Waals surface area contributed by atoms with Gasteiger partial charge in [0.25, 0.3) is 0 Å². The SMILES string of the molecule is O=C(C1CCC1)N1CCC(O)(COc2ccccc2)CC1. The van der Waals surface area contributed by atoms with Crippen molar-refractivity contribution in [2.24, 2.45) is 5.92 Å². The fraction of sp³-hybridized carbons (Fsp3) is 0.588. The summed E-state index contributed by atoms with van der Waals surface area (Å²) in [5.41, 5.74) is -0.813. The van der Waals surface area contributed by atoms with Crippen molar-refractivity contribution in [3.63, 3.8) is 0 Å². The van der Waals surface area contributed by atoms with Crippen LogP contribution in [-0.4, -0.2) is 41.2 Å². The lowest BCUT2D eigenvalue weighted by Gasteiger charge is -2.40. The Hall–Kier alpha value is -1.55. The summed E-state index contributed by atoms with van der Waals surface area (Å²) in [6.07, 6.45) is 4.45. The lowest BCUT2D eigenvalue weighted by atomic mass is 9.83. The van der Waals surface area contributed by atoms with Crippen molar-refractivity contribution in [2.75, 3.05) is 19.7 Å². The van der Waals surface area contributed by atoms with Crippen LogP contribution in [0.25, 0.3) is 0 Å². The first-order valence-electron chi connectivity index (χ1n) is 7.85. The van der Waals surface area contributed by atoms with Crippen LogP contribution in [0.5, 0.6) is 5.75 Å². The molecule has 4 heteroatoms. The summed E-state index contributed by atoms with van der Waals surface area (Å²) in [4.78, 5) is 14.1. The summed E-state index contributed by atoms with van der Waals surface area (Å²) in [5.74, 6) is 1.31. The average molecular weight is 289 g/mol. The number of aliphatic hydroxyl groups is 1. The molecule has 21 heavy (non-hydrogen) atoms. The zero-order valence-electron chi connectivity index (χ0n) is 12.3. The van der Waals surface area contributed by atoms with E-state index in [2.05, 4.69) is 0 Å². The van der Waals surface area contributed by atoms with E-state index in [0.717, 1.165) is 18.6 Å². The number of carbonyl (C=O) groups excluding carboxylic acids is 1. The van der Waals surface area contributed by atoms with Crippen LogP contribution in [0.4, 0.5) is 0 Å². The molecule has 0 atom stereocenters. The Bertz CT molecular complexity index is 476. The fourth-order valence-electron chi connectivity index (χ4n) is 2.94. The number of nitrogens with zero attached hydrogens (tertiary/aromatic N) is 1. The minimum absolute atomic E-state index is 0.247. The van der Waals surface area contributed by atoms with E-state index in [4.69, 9.17) is 4.74 Å². The Kier molecular flexibility index (Phi) is 4.15. The third-order valence-corrected chi connectivity index (χ3v) is 4.71. The lowest BCUT2D eigenvalue weighted by molar-refractivity contribution is -0.143. The fourth-order valence-corrected chi connectivity index (χ4v) is 2.94. The maximum absolute atomic E-state index is 12.2. The summed E-state index contributed by atoms with van der Waals surface area (Å²) >= 11 is 0. The maximum Gasteiger partial charge on any atom is 0.225 e. The van der Waals surface area contributed by atoms with Crippen molar-refractivity contribution in [2.45, 2.75) is 37.7 Å². The van der Waals surface area contributed by atoms with E-state index < -0.39 is 5.60 Å². The molecule has 1 aliphatic carbocycles. The molecule has 1 N–H and O–H groups in total. The molecule has 1 amide bonds. The van der Waals surface area contributed by atoms with Gasteiger partial charge in [-0.2, -0.15) is 0 Å². The Morgan fingerprint density at radius 1 is 1.24 bits per heavy atom. The summed E-state index contributed by atoms with van der Waals surface area (Å²) < 4.78 is 5.67. The molecular formula is C17H23NO3. The van der Waals surface area contributed by atoms with E-state index >= 15 is 0 Å². The standard InChI is InChI=1S/C17H23NO3/c19-16(14-5-4-6-14)18-11-9-17(20,10-12-18)13-21-15-7-2-1-3-8-15/h1-3,7-8,14,20H,4-6,9-13H2. The summed E-state index contributed by atoms with van der Waals surface area (Å²) in [6.45, 7) is 1.58.